The summed E-state index contributed by atoms with van der Waals surface area (Å²) < 4.78 is -1.96. The molecule has 0 aliphatic carbocycles. The lowest BCUT2D eigenvalue weighted by atomic mass is 10.0. The van der Waals surface area contributed by atoms with Gasteiger partial charge >= 0.3 is 0 Å². The zero-order chi connectivity index (χ0) is 14.8. The highest BCUT2D eigenvalue weighted by atomic mass is 79.9. The smallest absolute Gasteiger partial charge is 0.269 e. The van der Waals surface area contributed by atoms with Crippen molar-refractivity contribution >= 4 is 56.4 Å². The Balaban J connectivity index is 2.88. The lowest BCUT2D eigenvalue weighted by Crippen LogP contribution is -2.37. The van der Waals surface area contributed by atoms with Crippen molar-refractivity contribution in [3.05, 3.63) is 39.9 Å². The standard InChI is InChI=1S/C10H9BrCl3NO4/c11-7(9(17)10(12,13)14)8(16)5-1-3-6(4-2-5)15(18)19/h1-4,7-9,16-17H/t7-,8-,9+/m0/s1. The fourth-order valence-electron chi connectivity index (χ4n) is 1.33. The molecule has 0 spiro atoms. The largest absolute Gasteiger partial charge is 0.387 e. The molecule has 0 fully saturated rings. The fourth-order valence-corrected chi connectivity index (χ4v) is 2.90. The van der Waals surface area contributed by atoms with Crippen LogP contribution in [0.5, 0.6) is 0 Å². The summed E-state index contributed by atoms with van der Waals surface area (Å²) in [6, 6.07) is 5.20. The van der Waals surface area contributed by atoms with E-state index in [1.54, 1.807) is 0 Å². The van der Waals surface area contributed by atoms with Crippen LogP contribution >= 0.6 is 50.7 Å². The van der Waals surface area contributed by atoms with Crippen LogP contribution in [0.4, 0.5) is 5.69 Å². The quantitative estimate of drug-likeness (QED) is 0.468. The van der Waals surface area contributed by atoms with Gasteiger partial charge in [0, 0.05) is 12.1 Å². The third-order valence-electron chi connectivity index (χ3n) is 2.38. The number of aliphatic hydroxyl groups excluding tert-OH is 2. The Hall–Kier alpha value is -0.110. The van der Waals surface area contributed by atoms with Crippen molar-refractivity contribution < 1.29 is 15.1 Å². The molecule has 3 atom stereocenters. The Kier molecular flexibility index (Phi) is 5.85. The van der Waals surface area contributed by atoms with E-state index in [2.05, 4.69) is 15.9 Å². The molecule has 0 aromatic heterocycles. The van der Waals surface area contributed by atoms with Crippen molar-refractivity contribution in [2.45, 2.75) is 20.8 Å². The van der Waals surface area contributed by atoms with Crippen molar-refractivity contribution in [1.29, 1.82) is 0 Å². The number of benzene rings is 1. The second kappa shape index (κ2) is 6.56. The van der Waals surface area contributed by atoms with Crippen LogP contribution in [-0.4, -0.2) is 29.9 Å². The van der Waals surface area contributed by atoms with Gasteiger partial charge in [-0.25, -0.2) is 0 Å². The van der Waals surface area contributed by atoms with E-state index in [0.717, 1.165) is 0 Å². The second-order valence-corrected chi connectivity index (χ2v) is 7.15. The van der Waals surface area contributed by atoms with E-state index in [9.17, 15) is 20.3 Å². The molecular weight excluding hydrogens is 384 g/mol. The summed E-state index contributed by atoms with van der Waals surface area (Å²) in [6.45, 7) is 0. The van der Waals surface area contributed by atoms with Gasteiger partial charge in [-0.1, -0.05) is 50.7 Å². The normalized spacial score (nSPS) is 16.7. The van der Waals surface area contributed by atoms with Gasteiger partial charge in [0.05, 0.1) is 15.9 Å². The van der Waals surface area contributed by atoms with Crippen LogP contribution in [0.25, 0.3) is 0 Å². The van der Waals surface area contributed by atoms with Crippen LogP contribution in [-0.2, 0) is 0 Å². The highest BCUT2D eigenvalue weighted by molar-refractivity contribution is 9.09. The number of non-ortho nitro benzene ring substituents is 1. The molecule has 106 valence electrons. The van der Waals surface area contributed by atoms with Gasteiger partial charge in [0.1, 0.15) is 6.10 Å². The SMILES string of the molecule is O=[N+]([O-])c1ccc([C@H](O)[C@H](Br)[C@@H](O)C(Cl)(Cl)Cl)cc1. The van der Waals surface area contributed by atoms with E-state index in [1.807, 2.05) is 0 Å². The number of hydrogen-bond donors (Lipinski definition) is 2. The number of rotatable bonds is 4. The van der Waals surface area contributed by atoms with Gasteiger partial charge in [0.2, 0.25) is 3.79 Å². The number of nitro groups is 1. The van der Waals surface area contributed by atoms with Crippen LogP contribution in [0.2, 0.25) is 0 Å². The summed E-state index contributed by atoms with van der Waals surface area (Å²) in [5.41, 5.74) is 0.241. The second-order valence-electron chi connectivity index (χ2n) is 3.72. The molecule has 0 unspecified atom stereocenters. The lowest BCUT2D eigenvalue weighted by Gasteiger charge is -2.27. The van der Waals surface area contributed by atoms with Crippen molar-refractivity contribution in [3.63, 3.8) is 0 Å². The van der Waals surface area contributed by atoms with Gasteiger partial charge in [-0.3, -0.25) is 10.1 Å². The zero-order valence-electron chi connectivity index (χ0n) is 9.21. The summed E-state index contributed by atoms with van der Waals surface area (Å²) in [4.78, 5) is 9.00. The van der Waals surface area contributed by atoms with Crippen molar-refractivity contribution in [2.75, 3.05) is 0 Å². The van der Waals surface area contributed by atoms with Crippen LogP contribution in [0.15, 0.2) is 24.3 Å². The summed E-state index contributed by atoms with van der Waals surface area (Å²) in [5, 5.41) is 30.2. The van der Waals surface area contributed by atoms with E-state index < -0.39 is 25.8 Å². The number of alkyl halides is 4. The van der Waals surface area contributed by atoms with Crippen LogP contribution < -0.4 is 0 Å². The van der Waals surface area contributed by atoms with Gasteiger partial charge in [-0.05, 0) is 17.7 Å². The molecule has 0 saturated carbocycles. The van der Waals surface area contributed by atoms with Crippen molar-refractivity contribution in [3.8, 4) is 0 Å². The number of nitrogens with zero attached hydrogens (tertiary/aromatic N) is 1. The number of halogens is 4. The van der Waals surface area contributed by atoms with Gasteiger partial charge in [-0.2, -0.15) is 0 Å². The van der Waals surface area contributed by atoms with Gasteiger partial charge in [-0.15, -0.1) is 0 Å². The van der Waals surface area contributed by atoms with E-state index in [1.165, 1.54) is 24.3 Å². The summed E-state index contributed by atoms with van der Waals surface area (Å²) in [6.07, 6.45) is -2.64. The molecule has 2 N–H and O–H groups in total. The molecule has 19 heavy (non-hydrogen) atoms. The highest BCUT2D eigenvalue weighted by Gasteiger charge is 2.39. The van der Waals surface area contributed by atoms with E-state index in [4.69, 9.17) is 34.8 Å². The molecule has 0 bridgehead atoms. The predicted molar refractivity (Wildman–Crippen MR) is 77.1 cm³/mol. The van der Waals surface area contributed by atoms with Crippen LogP contribution in [0.1, 0.15) is 11.7 Å². The minimum Gasteiger partial charge on any atom is -0.387 e. The molecule has 5 nitrogen and oxygen atoms in total. The Morgan fingerprint density at radius 2 is 1.68 bits per heavy atom. The fraction of sp³-hybridized carbons (Fsp3) is 0.400. The average molecular weight is 393 g/mol. The van der Waals surface area contributed by atoms with Crippen LogP contribution in [0.3, 0.4) is 0 Å². The molecule has 1 aromatic rings. The Morgan fingerprint density at radius 3 is 2.05 bits per heavy atom. The first-order valence-corrected chi connectivity index (χ1v) is 7.01. The van der Waals surface area contributed by atoms with Gasteiger partial charge in [0.15, 0.2) is 0 Å². The highest BCUT2D eigenvalue weighted by Crippen LogP contribution is 2.38. The summed E-state index contributed by atoms with van der Waals surface area (Å²) >= 11 is 19.6. The third-order valence-corrected chi connectivity index (χ3v) is 4.06. The molecular formula is C10H9BrCl3NO4. The molecule has 1 rings (SSSR count). The monoisotopic (exact) mass is 391 g/mol. The number of nitro benzene ring substituents is 1. The first-order valence-electron chi connectivity index (χ1n) is 4.96. The van der Waals surface area contributed by atoms with Crippen molar-refractivity contribution in [1.82, 2.24) is 0 Å². The number of aliphatic hydroxyl groups is 2. The third kappa shape index (κ3) is 4.44. The minimum absolute atomic E-state index is 0.107. The van der Waals surface area contributed by atoms with Crippen molar-refractivity contribution in [2.24, 2.45) is 0 Å². The molecule has 0 heterocycles. The number of hydrogen-bond acceptors (Lipinski definition) is 4. The van der Waals surface area contributed by atoms with Crippen LogP contribution in [0, 0.1) is 10.1 Å². The summed E-state index contributed by atoms with van der Waals surface area (Å²) in [7, 11) is 0. The Morgan fingerprint density at radius 1 is 1.21 bits per heavy atom. The maximum Gasteiger partial charge on any atom is 0.269 e. The molecule has 0 aliphatic heterocycles. The first kappa shape index (κ1) is 16.9. The van der Waals surface area contributed by atoms with Gasteiger partial charge in [0.25, 0.3) is 5.69 Å². The molecule has 1 aromatic carbocycles. The van der Waals surface area contributed by atoms with Gasteiger partial charge < -0.3 is 10.2 Å². The van der Waals surface area contributed by atoms with E-state index in [-0.39, 0.29) is 5.69 Å². The molecule has 0 saturated heterocycles. The lowest BCUT2D eigenvalue weighted by molar-refractivity contribution is -0.384. The first-order chi connectivity index (χ1) is 8.64. The minimum atomic E-state index is -1.96. The average Bonchev–Trinajstić information content (AvgIpc) is 2.35. The molecule has 0 radical (unpaired) electrons. The topological polar surface area (TPSA) is 83.6 Å². The summed E-state index contributed by atoms with van der Waals surface area (Å²) in [5.74, 6) is 0. The van der Waals surface area contributed by atoms with E-state index in [0.29, 0.717) is 5.56 Å². The molecule has 0 amide bonds. The zero-order valence-corrected chi connectivity index (χ0v) is 13.1. The molecule has 9 heteroatoms. The Bertz CT molecular complexity index is 451. The maximum absolute atomic E-state index is 10.5. The predicted octanol–water partition coefficient (Wildman–Crippen LogP) is 3.12. The maximum atomic E-state index is 10.5. The van der Waals surface area contributed by atoms with E-state index >= 15 is 0 Å². The Labute approximate surface area is 132 Å². The molecule has 0 aliphatic rings.